The van der Waals surface area contributed by atoms with E-state index in [1.165, 1.54) is 12.8 Å². The standard InChI is InChI=1S/C25H32N4O2/c1-16-13-17(2)27-24(30)21(16)14-26-25(31)23-18(3)29(22-8-6-5-7-20(22)23)15-19-9-11-28(4)12-10-19/h5-8,13,19H,9-12,14-15H2,1-4H3,(H,26,31)(H,27,30). The van der Waals surface area contributed by atoms with E-state index in [9.17, 15) is 9.59 Å². The monoisotopic (exact) mass is 420 g/mol. The molecule has 0 atom stereocenters. The third-order valence-electron chi connectivity index (χ3n) is 6.66. The van der Waals surface area contributed by atoms with Crippen molar-refractivity contribution in [3.63, 3.8) is 0 Å². The Kier molecular flexibility index (Phi) is 6.01. The number of likely N-dealkylation sites (tertiary alicyclic amines) is 1. The fraction of sp³-hybridized carbons (Fsp3) is 0.440. The number of hydrogen-bond acceptors (Lipinski definition) is 3. The topological polar surface area (TPSA) is 70.1 Å². The Morgan fingerprint density at radius 3 is 2.58 bits per heavy atom. The van der Waals surface area contributed by atoms with Crippen LogP contribution in [0.3, 0.4) is 0 Å². The van der Waals surface area contributed by atoms with Crippen LogP contribution in [0, 0.1) is 26.7 Å². The average Bonchev–Trinajstić information content (AvgIpc) is 3.00. The minimum absolute atomic E-state index is 0.129. The smallest absolute Gasteiger partial charge is 0.254 e. The number of pyridine rings is 1. The number of fused-ring (bicyclic) bond motifs is 1. The zero-order chi connectivity index (χ0) is 22.1. The van der Waals surface area contributed by atoms with Crippen LogP contribution in [-0.4, -0.2) is 40.5 Å². The van der Waals surface area contributed by atoms with Gasteiger partial charge in [-0.2, -0.15) is 0 Å². The van der Waals surface area contributed by atoms with Crippen LogP contribution in [-0.2, 0) is 13.1 Å². The molecule has 1 aliphatic rings. The van der Waals surface area contributed by atoms with E-state index in [-0.39, 0.29) is 18.0 Å². The van der Waals surface area contributed by atoms with Crippen LogP contribution < -0.4 is 10.9 Å². The number of nitrogens with one attached hydrogen (secondary N) is 2. The van der Waals surface area contributed by atoms with E-state index < -0.39 is 0 Å². The summed E-state index contributed by atoms with van der Waals surface area (Å²) in [7, 11) is 2.18. The molecule has 1 amide bonds. The first-order valence-corrected chi connectivity index (χ1v) is 11.1. The van der Waals surface area contributed by atoms with Gasteiger partial charge in [0.05, 0.1) is 5.56 Å². The molecule has 0 radical (unpaired) electrons. The van der Waals surface area contributed by atoms with Crippen molar-refractivity contribution in [3.8, 4) is 0 Å². The molecule has 2 N–H and O–H groups in total. The highest BCUT2D eigenvalue weighted by Gasteiger charge is 2.23. The highest BCUT2D eigenvalue weighted by Crippen LogP contribution is 2.29. The first-order chi connectivity index (χ1) is 14.8. The molecule has 1 saturated heterocycles. The van der Waals surface area contributed by atoms with Crippen molar-refractivity contribution in [3.05, 3.63) is 68.8 Å². The number of carbonyl (C=O) groups is 1. The number of aryl methyl sites for hydroxylation is 2. The van der Waals surface area contributed by atoms with E-state index in [4.69, 9.17) is 0 Å². The first-order valence-electron chi connectivity index (χ1n) is 11.1. The van der Waals surface area contributed by atoms with Crippen molar-refractivity contribution in [1.82, 2.24) is 19.8 Å². The Balaban J connectivity index is 1.61. The van der Waals surface area contributed by atoms with E-state index >= 15 is 0 Å². The number of piperidine rings is 1. The third-order valence-corrected chi connectivity index (χ3v) is 6.66. The third kappa shape index (κ3) is 4.30. The number of rotatable bonds is 5. The zero-order valence-corrected chi connectivity index (χ0v) is 18.9. The molecule has 1 aliphatic heterocycles. The minimum Gasteiger partial charge on any atom is -0.348 e. The second kappa shape index (κ2) is 8.71. The molecular formula is C25H32N4O2. The van der Waals surface area contributed by atoms with Gasteiger partial charge in [0.2, 0.25) is 0 Å². The van der Waals surface area contributed by atoms with Gasteiger partial charge in [0.1, 0.15) is 0 Å². The molecule has 0 spiro atoms. The summed E-state index contributed by atoms with van der Waals surface area (Å²) in [5.74, 6) is 0.491. The van der Waals surface area contributed by atoms with Gasteiger partial charge in [-0.1, -0.05) is 18.2 Å². The van der Waals surface area contributed by atoms with Crippen molar-refractivity contribution in [1.29, 1.82) is 0 Å². The first kappa shape index (κ1) is 21.4. The summed E-state index contributed by atoms with van der Waals surface area (Å²) in [4.78, 5) is 30.8. The van der Waals surface area contributed by atoms with Gasteiger partial charge in [-0.05, 0) is 77.4 Å². The lowest BCUT2D eigenvalue weighted by Gasteiger charge is -2.29. The molecule has 164 valence electrons. The molecule has 0 aliphatic carbocycles. The summed E-state index contributed by atoms with van der Waals surface area (Å²) in [6, 6.07) is 10.1. The Morgan fingerprint density at radius 2 is 1.87 bits per heavy atom. The minimum atomic E-state index is -0.140. The Bertz CT molecular complexity index is 1170. The lowest BCUT2D eigenvalue weighted by atomic mass is 9.97. The van der Waals surface area contributed by atoms with Gasteiger partial charge in [-0.25, -0.2) is 0 Å². The van der Waals surface area contributed by atoms with E-state index in [2.05, 4.69) is 32.9 Å². The maximum absolute atomic E-state index is 13.2. The molecule has 1 fully saturated rings. The Morgan fingerprint density at radius 1 is 1.16 bits per heavy atom. The van der Waals surface area contributed by atoms with Crippen molar-refractivity contribution < 1.29 is 4.79 Å². The molecule has 31 heavy (non-hydrogen) atoms. The quantitative estimate of drug-likeness (QED) is 0.663. The molecule has 2 aromatic heterocycles. The molecule has 4 rings (SSSR count). The van der Waals surface area contributed by atoms with Crippen LogP contribution in [0.1, 0.15) is 45.7 Å². The number of aromatic amines is 1. The average molecular weight is 421 g/mol. The van der Waals surface area contributed by atoms with E-state index in [1.807, 2.05) is 45.0 Å². The van der Waals surface area contributed by atoms with Gasteiger partial charge in [0.25, 0.3) is 11.5 Å². The van der Waals surface area contributed by atoms with Crippen LogP contribution in [0.4, 0.5) is 0 Å². The van der Waals surface area contributed by atoms with Gasteiger partial charge < -0.3 is 19.8 Å². The van der Waals surface area contributed by atoms with Gasteiger partial charge >= 0.3 is 0 Å². The SMILES string of the molecule is Cc1cc(C)c(CNC(=O)c2c(C)n(CC3CCN(C)CC3)c3ccccc23)c(=O)[nH]1. The molecule has 6 heteroatoms. The molecular weight excluding hydrogens is 388 g/mol. The summed E-state index contributed by atoms with van der Waals surface area (Å²) in [6.07, 6.45) is 2.36. The number of hydrogen-bond donors (Lipinski definition) is 2. The maximum atomic E-state index is 13.2. The van der Waals surface area contributed by atoms with Crippen LogP contribution in [0.15, 0.2) is 35.1 Å². The summed E-state index contributed by atoms with van der Waals surface area (Å²) < 4.78 is 2.31. The zero-order valence-electron chi connectivity index (χ0n) is 18.9. The number of amides is 1. The van der Waals surface area contributed by atoms with Gasteiger partial charge in [0.15, 0.2) is 0 Å². The number of aromatic nitrogens is 2. The summed E-state index contributed by atoms with van der Waals surface area (Å²) in [6.45, 7) is 9.20. The number of H-pyrrole nitrogens is 1. The number of carbonyl (C=O) groups excluding carboxylic acids is 1. The van der Waals surface area contributed by atoms with Gasteiger partial charge in [0, 0.05) is 40.9 Å². The second-order valence-electron chi connectivity index (χ2n) is 8.96. The number of para-hydroxylation sites is 1. The molecule has 6 nitrogen and oxygen atoms in total. The fourth-order valence-electron chi connectivity index (χ4n) is 4.81. The Labute approximate surface area is 183 Å². The predicted molar refractivity (Wildman–Crippen MR) is 125 cm³/mol. The van der Waals surface area contributed by atoms with Crippen LogP contribution >= 0.6 is 0 Å². The highest BCUT2D eigenvalue weighted by atomic mass is 16.2. The lowest BCUT2D eigenvalue weighted by molar-refractivity contribution is 0.0951. The Hall–Kier alpha value is -2.86. The van der Waals surface area contributed by atoms with E-state index in [0.29, 0.717) is 17.0 Å². The van der Waals surface area contributed by atoms with Crippen molar-refractivity contribution in [2.45, 2.75) is 46.7 Å². The summed E-state index contributed by atoms with van der Waals surface area (Å²) in [5.41, 5.74) is 4.99. The molecule has 3 aromatic rings. The van der Waals surface area contributed by atoms with Crippen LogP contribution in [0.25, 0.3) is 10.9 Å². The number of nitrogens with zero attached hydrogens (tertiary/aromatic N) is 2. The van der Waals surface area contributed by atoms with Crippen LogP contribution in [0.5, 0.6) is 0 Å². The summed E-state index contributed by atoms with van der Waals surface area (Å²) in [5, 5.41) is 3.97. The summed E-state index contributed by atoms with van der Waals surface area (Å²) >= 11 is 0. The highest BCUT2D eigenvalue weighted by molar-refractivity contribution is 6.08. The molecule has 3 heterocycles. The van der Waals surface area contributed by atoms with E-state index in [1.54, 1.807) is 0 Å². The van der Waals surface area contributed by atoms with Gasteiger partial charge in [-0.3, -0.25) is 9.59 Å². The number of benzene rings is 1. The molecule has 1 aromatic carbocycles. The predicted octanol–water partition coefficient (Wildman–Crippen LogP) is 3.53. The van der Waals surface area contributed by atoms with Crippen molar-refractivity contribution >= 4 is 16.8 Å². The largest absolute Gasteiger partial charge is 0.348 e. The fourth-order valence-corrected chi connectivity index (χ4v) is 4.81. The van der Waals surface area contributed by atoms with Gasteiger partial charge in [-0.15, -0.1) is 0 Å². The second-order valence-corrected chi connectivity index (χ2v) is 8.96. The normalized spacial score (nSPS) is 15.5. The molecule has 0 saturated carbocycles. The molecule has 0 bridgehead atoms. The van der Waals surface area contributed by atoms with E-state index in [0.717, 1.165) is 47.5 Å². The van der Waals surface area contributed by atoms with Crippen molar-refractivity contribution in [2.24, 2.45) is 5.92 Å². The van der Waals surface area contributed by atoms with Crippen LogP contribution in [0.2, 0.25) is 0 Å². The lowest BCUT2D eigenvalue weighted by Crippen LogP contribution is -2.32. The van der Waals surface area contributed by atoms with Crippen molar-refractivity contribution in [2.75, 3.05) is 20.1 Å². The maximum Gasteiger partial charge on any atom is 0.254 e. The molecule has 0 unspecified atom stereocenters.